The van der Waals surface area contributed by atoms with Crippen molar-refractivity contribution in [3.8, 4) is 0 Å². The smallest absolute Gasteiger partial charge is 0.139 e. The summed E-state index contributed by atoms with van der Waals surface area (Å²) in [5.74, 6) is 2.75. The quantitative estimate of drug-likeness (QED) is 0.384. The number of hydrogen-bond donors (Lipinski definition) is 2. The first-order valence-corrected chi connectivity index (χ1v) is 14.6. The van der Waals surface area contributed by atoms with E-state index in [-0.39, 0.29) is 0 Å². The zero-order chi connectivity index (χ0) is 27.8. The van der Waals surface area contributed by atoms with Crippen LogP contribution in [0.15, 0.2) is 67.0 Å². The summed E-state index contributed by atoms with van der Waals surface area (Å²) in [5, 5.41) is 8.12. The molecular weight excluding hydrogens is 510 g/mol. The van der Waals surface area contributed by atoms with Gasteiger partial charge in [-0.25, -0.2) is 15.0 Å². The molecule has 0 amide bonds. The Kier molecular flexibility index (Phi) is 6.90. The lowest BCUT2D eigenvalue weighted by Gasteiger charge is -2.34. The number of piperazine rings is 2. The molecule has 0 saturated carbocycles. The molecule has 3 aliphatic heterocycles. The fourth-order valence-corrected chi connectivity index (χ4v) is 5.99. The van der Waals surface area contributed by atoms with Crippen LogP contribution >= 0.6 is 0 Å². The molecule has 2 aromatic carbocycles. The molecule has 0 radical (unpaired) electrons. The van der Waals surface area contributed by atoms with Crippen LogP contribution < -0.4 is 20.4 Å². The molecule has 0 spiro atoms. The van der Waals surface area contributed by atoms with Crippen molar-refractivity contribution in [2.45, 2.75) is 0 Å². The van der Waals surface area contributed by atoms with Crippen LogP contribution in [0.5, 0.6) is 0 Å². The molecule has 7 rings (SSSR count). The number of rotatable bonds is 5. The second-order valence-electron chi connectivity index (χ2n) is 11.3. The van der Waals surface area contributed by atoms with Gasteiger partial charge in [-0.15, -0.1) is 0 Å². The fourth-order valence-electron chi connectivity index (χ4n) is 5.99. The van der Waals surface area contributed by atoms with Crippen LogP contribution in [0.2, 0.25) is 0 Å². The summed E-state index contributed by atoms with van der Waals surface area (Å²) in [6.07, 6.45) is 3.94. The van der Waals surface area contributed by atoms with E-state index in [1.807, 2.05) is 0 Å². The molecule has 9 nitrogen and oxygen atoms in total. The Hall–Kier alpha value is -4.21. The molecule has 2 N–H and O–H groups in total. The molecule has 9 heteroatoms. The minimum atomic E-state index is 0.728. The minimum Gasteiger partial charge on any atom is -0.369 e. The number of benzene rings is 2. The molecule has 0 aliphatic carbocycles. The van der Waals surface area contributed by atoms with Gasteiger partial charge in [-0.05, 0) is 67.7 Å². The summed E-state index contributed by atoms with van der Waals surface area (Å²) in [6.45, 7) is 9.03. The molecule has 2 saturated heterocycles. The molecule has 0 unspecified atom stereocenters. The molecule has 4 aromatic rings. The standard InChI is InChI=1S/C32H37N9/c1-38-12-16-40(17-13-38)25-5-3-4-24(21-25)36-30-9-7-27-26(10-11-33-31(27)37-30)23-6-8-29-28(20-23)32(35-22-34-29)41-18-14-39(2)15-19-41/h3-10,20-22H,11-19H2,1-2H3,(H2,33,36,37). The lowest BCUT2D eigenvalue weighted by Crippen LogP contribution is -2.44. The van der Waals surface area contributed by atoms with Crippen molar-refractivity contribution in [2.24, 2.45) is 0 Å². The van der Waals surface area contributed by atoms with E-state index < -0.39 is 0 Å². The Labute approximate surface area is 241 Å². The van der Waals surface area contributed by atoms with E-state index in [0.717, 1.165) is 104 Å². The lowest BCUT2D eigenvalue weighted by molar-refractivity contribution is 0.312. The number of aromatic nitrogens is 3. The third kappa shape index (κ3) is 5.30. The van der Waals surface area contributed by atoms with Gasteiger partial charge in [0.05, 0.1) is 5.52 Å². The van der Waals surface area contributed by atoms with Gasteiger partial charge in [-0.2, -0.15) is 0 Å². The Morgan fingerprint density at radius 2 is 1.56 bits per heavy atom. The summed E-state index contributed by atoms with van der Waals surface area (Å²) in [5.41, 5.74) is 6.72. The van der Waals surface area contributed by atoms with Crippen molar-refractivity contribution >= 4 is 45.3 Å². The zero-order valence-electron chi connectivity index (χ0n) is 23.8. The number of fused-ring (bicyclic) bond motifs is 2. The third-order valence-corrected chi connectivity index (χ3v) is 8.48. The van der Waals surface area contributed by atoms with E-state index in [0.29, 0.717) is 0 Å². The van der Waals surface area contributed by atoms with Gasteiger partial charge in [0.2, 0.25) is 0 Å². The van der Waals surface area contributed by atoms with Crippen LogP contribution in [0.3, 0.4) is 0 Å². The summed E-state index contributed by atoms with van der Waals surface area (Å²) in [7, 11) is 4.36. The number of anilines is 5. The summed E-state index contributed by atoms with van der Waals surface area (Å²) < 4.78 is 0. The van der Waals surface area contributed by atoms with E-state index in [4.69, 9.17) is 9.97 Å². The Morgan fingerprint density at radius 3 is 2.37 bits per heavy atom. The first-order chi connectivity index (χ1) is 20.1. The van der Waals surface area contributed by atoms with Gasteiger partial charge >= 0.3 is 0 Å². The molecule has 2 aromatic heterocycles. The largest absolute Gasteiger partial charge is 0.369 e. The molecule has 0 atom stereocenters. The molecule has 0 bridgehead atoms. The zero-order valence-corrected chi connectivity index (χ0v) is 23.8. The second-order valence-corrected chi connectivity index (χ2v) is 11.3. The van der Waals surface area contributed by atoms with Gasteiger partial charge in [-0.1, -0.05) is 18.2 Å². The topological polar surface area (TPSA) is 75.7 Å². The van der Waals surface area contributed by atoms with E-state index >= 15 is 0 Å². The fraction of sp³-hybridized carbons (Fsp3) is 0.344. The maximum Gasteiger partial charge on any atom is 0.139 e. The van der Waals surface area contributed by atoms with E-state index in [2.05, 4.69) is 110 Å². The number of likely N-dealkylation sites (N-methyl/N-ethyl adjacent to an activating group) is 2. The Balaban J connectivity index is 1.14. The van der Waals surface area contributed by atoms with Crippen molar-refractivity contribution in [3.05, 3.63) is 78.1 Å². The van der Waals surface area contributed by atoms with Gasteiger partial charge in [0.15, 0.2) is 0 Å². The summed E-state index contributed by atoms with van der Waals surface area (Å²) in [4.78, 5) is 23.8. The van der Waals surface area contributed by atoms with Gasteiger partial charge in [-0.3, -0.25) is 0 Å². The number of nitrogens with zero attached hydrogens (tertiary/aromatic N) is 7. The molecule has 2 fully saturated rings. The number of pyridine rings is 1. The highest BCUT2D eigenvalue weighted by Crippen LogP contribution is 2.35. The molecule has 3 aliphatic rings. The monoisotopic (exact) mass is 547 g/mol. The average molecular weight is 548 g/mol. The van der Waals surface area contributed by atoms with Gasteiger partial charge in [0, 0.05) is 81.2 Å². The second kappa shape index (κ2) is 11.0. The van der Waals surface area contributed by atoms with Gasteiger partial charge in [0.1, 0.15) is 23.8 Å². The SMILES string of the molecule is CN1CCN(c2cccc(Nc3ccc4c(n3)NCC=C4c3ccc4ncnc(N5CCN(C)CC5)c4c3)c2)CC1. The third-order valence-electron chi connectivity index (χ3n) is 8.48. The van der Waals surface area contributed by atoms with Gasteiger partial charge < -0.3 is 30.2 Å². The highest BCUT2D eigenvalue weighted by molar-refractivity contribution is 5.95. The first-order valence-electron chi connectivity index (χ1n) is 14.6. The van der Waals surface area contributed by atoms with Crippen molar-refractivity contribution in [1.29, 1.82) is 0 Å². The predicted octanol–water partition coefficient (Wildman–Crippen LogP) is 4.13. The maximum absolute atomic E-state index is 4.98. The molecule has 5 heterocycles. The van der Waals surface area contributed by atoms with Crippen LogP contribution in [0.1, 0.15) is 11.1 Å². The van der Waals surface area contributed by atoms with Crippen LogP contribution in [-0.4, -0.2) is 97.7 Å². The molecule has 210 valence electrons. The first kappa shape index (κ1) is 25.7. The molecular formula is C32H37N9. The highest BCUT2D eigenvalue weighted by Gasteiger charge is 2.21. The Bertz CT molecular complexity index is 1580. The van der Waals surface area contributed by atoms with Crippen molar-refractivity contribution < 1.29 is 0 Å². The summed E-state index contributed by atoms with van der Waals surface area (Å²) >= 11 is 0. The van der Waals surface area contributed by atoms with Crippen LogP contribution in [0, 0.1) is 0 Å². The Morgan fingerprint density at radius 1 is 0.780 bits per heavy atom. The number of hydrogen-bond acceptors (Lipinski definition) is 9. The van der Waals surface area contributed by atoms with Crippen molar-refractivity contribution in [2.75, 3.05) is 93.4 Å². The van der Waals surface area contributed by atoms with Crippen LogP contribution in [0.25, 0.3) is 16.5 Å². The van der Waals surface area contributed by atoms with Crippen molar-refractivity contribution in [3.63, 3.8) is 0 Å². The van der Waals surface area contributed by atoms with Gasteiger partial charge in [0.25, 0.3) is 0 Å². The lowest BCUT2D eigenvalue weighted by atomic mass is 9.94. The average Bonchev–Trinajstić information content (AvgIpc) is 3.01. The number of nitrogens with one attached hydrogen (secondary N) is 2. The normalized spacial score (nSPS) is 18.1. The van der Waals surface area contributed by atoms with E-state index in [1.54, 1.807) is 6.33 Å². The predicted molar refractivity (Wildman–Crippen MR) is 168 cm³/mol. The maximum atomic E-state index is 4.98. The van der Waals surface area contributed by atoms with Crippen molar-refractivity contribution in [1.82, 2.24) is 24.8 Å². The van der Waals surface area contributed by atoms with E-state index in [1.165, 1.54) is 11.3 Å². The minimum absolute atomic E-state index is 0.728. The summed E-state index contributed by atoms with van der Waals surface area (Å²) in [6, 6.07) is 19.4. The highest BCUT2D eigenvalue weighted by atomic mass is 15.3. The molecule has 41 heavy (non-hydrogen) atoms. The van der Waals surface area contributed by atoms with Crippen LogP contribution in [-0.2, 0) is 0 Å². The van der Waals surface area contributed by atoms with E-state index in [9.17, 15) is 0 Å². The van der Waals surface area contributed by atoms with Crippen LogP contribution in [0.4, 0.5) is 28.8 Å².